The van der Waals surface area contributed by atoms with Crippen molar-refractivity contribution in [2.24, 2.45) is 0 Å². The van der Waals surface area contributed by atoms with Gasteiger partial charge in [0.15, 0.2) is 0 Å². The van der Waals surface area contributed by atoms with Gasteiger partial charge in [-0.05, 0) is 66.1 Å². The van der Waals surface area contributed by atoms with Crippen LogP contribution < -0.4 is 5.32 Å². The number of carboxylic acid groups (broad SMARTS) is 1. The topological polar surface area (TPSA) is 52.6 Å². The molecule has 106 valence electrons. The summed E-state index contributed by atoms with van der Waals surface area (Å²) in [4.78, 5) is 13.8. The van der Waals surface area contributed by atoms with Crippen LogP contribution in [0.1, 0.15) is 53.4 Å². The number of likely N-dealkylation sites (tertiary alicyclic amines) is 1. The molecule has 0 aromatic carbocycles. The minimum Gasteiger partial charge on any atom is -0.480 e. The van der Waals surface area contributed by atoms with E-state index in [0.29, 0.717) is 13.0 Å². The zero-order valence-corrected chi connectivity index (χ0v) is 12.3. The van der Waals surface area contributed by atoms with Gasteiger partial charge in [-0.1, -0.05) is 6.92 Å². The van der Waals surface area contributed by atoms with Crippen molar-refractivity contribution in [3.63, 3.8) is 0 Å². The van der Waals surface area contributed by atoms with Crippen molar-refractivity contribution in [1.82, 2.24) is 10.2 Å². The van der Waals surface area contributed by atoms with E-state index in [1.54, 1.807) is 6.92 Å². The van der Waals surface area contributed by atoms with Crippen LogP contribution in [0.3, 0.4) is 0 Å². The quantitative estimate of drug-likeness (QED) is 0.732. The Hall–Kier alpha value is -0.610. The predicted octanol–water partition coefficient (Wildman–Crippen LogP) is 2.09. The summed E-state index contributed by atoms with van der Waals surface area (Å²) in [6, 6.07) is 0. The molecule has 0 saturated carbocycles. The van der Waals surface area contributed by atoms with Gasteiger partial charge in [0.05, 0.1) is 0 Å². The maximum atomic E-state index is 11.3. The van der Waals surface area contributed by atoms with Crippen molar-refractivity contribution in [2.75, 3.05) is 19.6 Å². The molecule has 2 N–H and O–H groups in total. The maximum absolute atomic E-state index is 11.3. The largest absolute Gasteiger partial charge is 0.480 e. The van der Waals surface area contributed by atoms with Crippen molar-refractivity contribution in [2.45, 2.75) is 64.5 Å². The fourth-order valence-corrected chi connectivity index (χ4v) is 2.86. The van der Waals surface area contributed by atoms with E-state index in [1.165, 1.54) is 12.8 Å². The molecule has 1 heterocycles. The van der Waals surface area contributed by atoms with Crippen molar-refractivity contribution >= 4 is 5.97 Å². The number of nitrogens with zero attached hydrogens (tertiary/aromatic N) is 1. The van der Waals surface area contributed by atoms with Crippen LogP contribution in [-0.2, 0) is 4.79 Å². The highest BCUT2D eigenvalue weighted by Crippen LogP contribution is 2.28. The summed E-state index contributed by atoms with van der Waals surface area (Å²) in [5.41, 5.74) is -0.490. The Morgan fingerprint density at radius 2 is 2.17 bits per heavy atom. The second-order valence-corrected chi connectivity index (χ2v) is 6.17. The van der Waals surface area contributed by atoms with Gasteiger partial charge in [-0.15, -0.1) is 0 Å². The van der Waals surface area contributed by atoms with Crippen LogP contribution in [0.4, 0.5) is 0 Å². The molecular formula is C14H28N2O2. The molecule has 1 saturated heterocycles. The number of hydrogen-bond donors (Lipinski definition) is 2. The van der Waals surface area contributed by atoms with Gasteiger partial charge in [-0.3, -0.25) is 9.69 Å². The van der Waals surface area contributed by atoms with Crippen LogP contribution in [0, 0.1) is 0 Å². The average molecular weight is 256 g/mol. The normalized spacial score (nSPS) is 22.9. The molecular weight excluding hydrogens is 228 g/mol. The molecule has 1 unspecified atom stereocenters. The summed E-state index contributed by atoms with van der Waals surface area (Å²) in [5, 5.41) is 12.4. The smallest absolute Gasteiger partial charge is 0.323 e. The molecule has 4 nitrogen and oxygen atoms in total. The van der Waals surface area contributed by atoms with Crippen molar-refractivity contribution in [3.8, 4) is 0 Å². The van der Waals surface area contributed by atoms with Gasteiger partial charge in [-0.2, -0.15) is 0 Å². The van der Waals surface area contributed by atoms with Crippen molar-refractivity contribution in [3.05, 3.63) is 0 Å². The van der Waals surface area contributed by atoms with Crippen molar-refractivity contribution in [1.29, 1.82) is 0 Å². The first kappa shape index (κ1) is 15.4. The van der Waals surface area contributed by atoms with E-state index in [2.05, 4.69) is 24.1 Å². The Labute approximate surface area is 111 Å². The van der Waals surface area contributed by atoms with Crippen LogP contribution in [0.15, 0.2) is 0 Å². The Morgan fingerprint density at radius 3 is 2.61 bits per heavy atom. The second kappa shape index (κ2) is 6.02. The van der Waals surface area contributed by atoms with E-state index < -0.39 is 11.5 Å². The number of aliphatic carboxylic acids is 1. The zero-order chi connectivity index (χ0) is 13.8. The van der Waals surface area contributed by atoms with Crippen LogP contribution >= 0.6 is 0 Å². The van der Waals surface area contributed by atoms with Gasteiger partial charge in [0.25, 0.3) is 0 Å². The first-order valence-electron chi connectivity index (χ1n) is 7.05. The molecule has 1 aliphatic heterocycles. The van der Waals surface area contributed by atoms with Crippen LogP contribution in [0.5, 0.6) is 0 Å². The molecule has 0 aromatic rings. The molecule has 0 bridgehead atoms. The average Bonchev–Trinajstić information content (AvgIpc) is 2.58. The van der Waals surface area contributed by atoms with E-state index in [9.17, 15) is 9.90 Å². The third kappa shape index (κ3) is 3.69. The van der Waals surface area contributed by atoms with Crippen LogP contribution in [-0.4, -0.2) is 46.7 Å². The first-order valence-corrected chi connectivity index (χ1v) is 7.05. The molecule has 0 aromatic heterocycles. The van der Waals surface area contributed by atoms with Gasteiger partial charge >= 0.3 is 5.97 Å². The molecule has 1 aliphatic rings. The molecule has 0 amide bonds. The molecule has 18 heavy (non-hydrogen) atoms. The van der Waals surface area contributed by atoms with Gasteiger partial charge in [-0.25, -0.2) is 0 Å². The lowest BCUT2D eigenvalue weighted by Gasteiger charge is -2.33. The lowest BCUT2D eigenvalue weighted by molar-refractivity contribution is -0.144. The van der Waals surface area contributed by atoms with Gasteiger partial charge in [0.2, 0.25) is 0 Å². The minimum atomic E-state index is -0.779. The summed E-state index contributed by atoms with van der Waals surface area (Å²) >= 11 is 0. The lowest BCUT2D eigenvalue weighted by Crippen LogP contribution is -2.50. The van der Waals surface area contributed by atoms with Gasteiger partial charge in [0, 0.05) is 5.54 Å². The van der Waals surface area contributed by atoms with E-state index in [0.717, 1.165) is 19.5 Å². The van der Waals surface area contributed by atoms with Crippen LogP contribution in [0.25, 0.3) is 0 Å². The first-order chi connectivity index (χ1) is 8.32. The minimum absolute atomic E-state index is 0.289. The highest BCUT2D eigenvalue weighted by atomic mass is 16.4. The molecule has 1 atom stereocenters. The van der Waals surface area contributed by atoms with Crippen LogP contribution in [0.2, 0.25) is 0 Å². The van der Waals surface area contributed by atoms with E-state index in [4.69, 9.17) is 0 Å². The Balaban J connectivity index is 2.42. The third-order valence-electron chi connectivity index (χ3n) is 4.22. The summed E-state index contributed by atoms with van der Waals surface area (Å²) in [6.07, 6.45) is 4.12. The van der Waals surface area contributed by atoms with E-state index in [1.807, 2.05) is 6.92 Å². The maximum Gasteiger partial charge on any atom is 0.323 e. The monoisotopic (exact) mass is 256 g/mol. The van der Waals surface area contributed by atoms with Gasteiger partial charge in [0.1, 0.15) is 5.54 Å². The standard InChI is InChI=1S/C14H28N2O2/c1-5-15-14(4,12(17)18)9-7-11-16-10-6-8-13(16,2)3/h15H,5-11H2,1-4H3,(H,17,18). The molecule has 1 fully saturated rings. The number of likely N-dealkylation sites (N-methyl/N-ethyl adjacent to an activating group) is 1. The summed E-state index contributed by atoms with van der Waals surface area (Å²) in [5.74, 6) is -0.745. The summed E-state index contributed by atoms with van der Waals surface area (Å²) < 4.78 is 0. The Morgan fingerprint density at radius 1 is 1.50 bits per heavy atom. The number of carboxylic acids is 1. The third-order valence-corrected chi connectivity index (χ3v) is 4.22. The summed E-state index contributed by atoms with van der Waals surface area (Å²) in [6.45, 7) is 11.1. The second-order valence-electron chi connectivity index (χ2n) is 6.17. The molecule has 0 spiro atoms. The summed E-state index contributed by atoms with van der Waals surface area (Å²) in [7, 11) is 0. The number of nitrogens with one attached hydrogen (secondary N) is 1. The van der Waals surface area contributed by atoms with E-state index >= 15 is 0 Å². The van der Waals surface area contributed by atoms with Gasteiger partial charge < -0.3 is 10.4 Å². The Kier molecular flexibility index (Phi) is 5.17. The fraction of sp³-hybridized carbons (Fsp3) is 0.929. The highest BCUT2D eigenvalue weighted by molar-refractivity contribution is 5.78. The van der Waals surface area contributed by atoms with E-state index in [-0.39, 0.29) is 5.54 Å². The lowest BCUT2D eigenvalue weighted by atomic mass is 9.95. The molecule has 4 heteroatoms. The molecule has 1 rings (SSSR count). The number of carbonyl (C=O) groups is 1. The molecule has 0 radical (unpaired) electrons. The van der Waals surface area contributed by atoms with Crippen molar-refractivity contribution < 1.29 is 9.90 Å². The number of rotatable bonds is 7. The molecule has 0 aliphatic carbocycles. The number of hydrogen-bond acceptors (Lipinski definition) is 3. The zero-order valence-electron chi connectivity index (χ0n) is 12.3. The fourth-order valence-electron chi connectivity index (χ4n) is 2.86. The Bertz CT molecular complexity index is 292. The highest BCUT2D eigenvalue weighted by Gasteiger charge is 2.34. The SMILES string of the molecule is CCNC(C)(CCCN1CCCC1(C)C)C(=O)O. The predicted molar refractivity (Wildman–Crippen MR) is 73.8 cm³/mol.